The molecule has 3 aromatic rings. The number of hydrogen-bond acceptors (Lipinski definition) is 6. The Hall–Kier alpha value is -3.72. The minimum atomic E-state index is -0.699. The van der Waals surface area contributed by atoms with Crippen LogP contribution in [0, 0.1) is 0 Å². The summed E-state index contributed by atoms with van der Waals surface area (Å²) < 4.78 is 13.6. The Morgan fingerprint density at radius 1 is 1.18 bits per heavy atom. The smallest absolute Gasteiger partial charge is 0.255 e. The normalized spacial score (nSPS) is 18.9. The Balaban J connectivity index is 1.26. The number of carbonyl (C=O) groups excluding carboxylic acids is 2. The monoisotopic (exact) mass is 461 g/mol. The van der Waals surface area contributed by atoms with Crippen molar-refractivity contribution < 1.29 is 19.1 Å². The Bertz CT molecular complexity index is 1150. The van der Waals surface area contributed by atoms with Crippen LogP contribution in [0.3, 0.4) is 0 Å². The second-order valence-corrected chi connectivity index (χ2v) is 8.60. The van der Waals surface area contributed by atoms with Crippen molar-refractivity contribution in [3.05, 3.63) is 78.1 Å². The summed E-state index contributed by atoms with van der Waals surface area (Å²) in [4.78, 5) is 36.3. The molecule has 9 heteroatoms. The number of nitrogens with one attached hydrogen (secondary N) is 1. The molecule has 4 heterocycles. The number of ether oxygens (including phenoxy) is 2. The molecule has 34 heavy (non-hydrogen) atoms. The van der Waals surface area contributed by atoms with Gasteiger partial charge in [-0.25, -0.2) is 4.98 Å². The van der Waals surface area contributed by atoms with Crippen LogP contribution >= 0.6 is 0 Å². The summed E-state index contributed by atoms with van der Waals surface area (Å²) >= 11 is 0. The molecule has 2 aromatic heterocycles. The molecule has 2 aliphatic rings. The van der Waals surface area contributed by atoms with E-state index in [1.54, 1.807) is 37.8 Å². The van der Waals surface area contributed by atoms with Crippen LogP contribution in [0.5, 0.6) is 5.75 Å². The summed E-state index contributed by atoms with van der Waals surface area (Å²) in [5.41, 5.74) is 0.848. The maximum absolute atomic E-state index is 13.0. The second kappa shape index (κ2) is 9.26. The van der Waals surface area contributed by atoms with Gasteiger partial charge in [0.05, 0.1) is 19.2 Å². The molecule has 2 amide bonds. The number of nitrogens with zero attached hydrogens (tertiary/aromatic N) is 4. The largest absolute Gasteiger partial charge is 0.497 e. The molecule has 5 rings (SSSR count). The zero-order chi connectivity index (χ0) is 23.5. The zero-order valence-corrected chi connectivity index (χ0v) is 19.0. The van der Waals surface area contributed by atoms with E-state index >= 15 is 0 Å². The number of methoxy groups -OCH3 is 1. The molecule has 1 spiro atoms. The fourth-order valence-electron chi connectivity index (χ4n) is 4.66. The average Bonchev–Trinajstić information content (AvgIpc) is 3.38. The van der Waals surface area contributed by atoms with Crippen LogP contribution in [-0.2, 0) is 28.2 Å². The second-order valence-electron chi connectivity index (χ2n) is 8.60. The first-order valence-corrected chi connectivity index (χ1v) is 11.4. The van der Waals surface area contributed by atoms with Crippen molar-refractivity contribution in [1.82, 2.24) is 24.8 Å². The number of carbonyl (C=O) groups is 2. The van der Waals surface area contributed by atoms with E-state index in [2.05, 4.69) is 15.3 Å². The lowest BCUT2D eigenvalue weighted by atomic mass is 9.88. The van der Waals surface area contributed by atoms with Gasteiger partial charge in [-0.3, -0.25) is 14.6 Å². The molecule has 0 radical (unpaired) electrons. The van der Waals surface area contributed by atoms with Crippen LogP contribution in [0.15, 0.2) is 61.2 Å². The average molecular weight is 462 g/mol. The van der Waals surface area contributed by atoms with Crippen LogP contribution in [0.25, 0.3) is 0 Å². The molecule has 9 nitrogen and oxygen atoms in total. The van der Waals surface area contributed by atoms with Gasteiger partial charge >= 0.3 is 0 Å². The first-order chi connectivity index (χ1) is 16.6. The summed E-state index contributed by atoms with van der Waals surface area (Å²) in [5.74, 6) is 1.38. The summed E-state index contributed by atoms with van der Waals surface area (Å²) in [6.07, 6.45) is 7.36. The van der Waals surface area contributed by atoms with Gasteiger partial charge in [-0.2, -0.15) is 0 Å². The molecule has 0 bridgehead atoms. The number of amides is 2. The first kappa shape index (κ1) is 22.1. The predicted molar refractivity (Wildman–Crippen MR) is 123 cm³/mol. The van der Waals surface area contributed by atoms with E-state index in [9.17, 15) is 9.59 Å². The van der Waals surface area contributed by atoms with Gasteiger partial charge in [0.2, 0.25) is 0 Å². The quantitative estimate of drug-likeness (QED) is 0.625. The molecule has 0 aliphatic carbocycles. The maximum Gasteiger partial charge on any atom is 0.255 e. The minimum absolute atomic E-state index is 0.0455. The minimum Gasteiger partial charge on any atom is -0.497 e. The molecule has 0 saturated carbocycles. The van der Waals surface area contributed by atoms with Crippen molar-refractivity contribution in [3.8, 4) is 5.75 Å². The van der Waals surface area contributed by atoms with Gasteiger partial charge in [-0.15, -0.1) is 0 Å². The van der Waals surface area contributed by atoms with Crippen molar-refractivity contribution in [2.24, 2.45) is 0 Å². The van der Waals surface area contributed by atoms with Crippen LogP contribution in [0.2, 0.25) is 0 Å². The van der Waals surface area contributed by atoms with Gasteiger partial charge in [0.25, 0.3) is 11.8 Å². The topological polar surface area (TPSA) is 98.6 Å². The van der Waals surface area contributed by atoms with Gasteiger partial charge in [-0.1, -0.05) is 12.1 Å². The van der Waals surface area contributed by atoms with E-state index in [1.165, 1.54) is 0 Å². The Morgan fingerprint density at radius 3 is 2.68 bits per heavy atom. The zero-order valence-electron chi connectivity index (χ0n) is 19.0. The third-order valence-corrected chi connectivity index (χ3v) is 6.54. The number of pyridine rings is 1. The van der Waals surface area contributed by atoms with Gasteiger partial charge in [0, 0.05) is 57.3 Å². The van der Waals surface area contributed by atoms with Crippen molar-refractivity contribution in [2.75, 3.05) is 20.2 Å². The third-order valence-electron chi connectivity index (χ3n) is 6.54. The summed E-state index contributed by atoms with van der Waals surface area (Å²) in [6, 6.07) is 11.1. The highest BCUT2D eigenvalue weighted by molar-refractivity contribution is 5.94. The van der Waals surface area contributed by atoms with E-state index in [0.29, 0.717) is 44.6 Å². The highest BCUT2D eigenvalue weighted by Crippen LogP contribution is 2.40. The molecule has 1 saturated heterocycles. The number of likely N-dealkylation sites (tertiary alicyclic amines) is 1. The van der Waals surface area contributed by atoms with Gasteiger partial charge in [0.15, 0.2) is 6.10 Å². The fourth-order valence-corrected chi connectivity index (χ4v) is 4.66. The molecule has 2 aliphatic heterocycles. The Kier molecular flexibility index (Phi) is 6.02. The number of fused-ring (bicyclic) bond motifs is 2. The molecular weight excluding hydrogens is 434 g/mol. The summed E-state index contributed by atoms with van der Waals surface area (Å²) in [6.45, 7) is 1.84. The number of hydrogen-bond donors (Lipinski definition) is 1. The van der Waals surface area contributed by atoms with Crippen LogP contribution in [0.1, 0.15) is 34.6 Å². The van der Waals surface area contributed by atoms with E-state index in [1.807, 2.05) is 39.9 Å². The summed E-state index contributed by atoms with van der Waals surface area (Å²) in [7, 11) is 1.62. The maximum atomic E-state index is 13.0. The van der Waals surface area contributed by atoms with Crippen LogP contribution < -0.4 is 10.1 Å². The molecule has 0 unspecified atom stereocenters. The van der Waals surface area contributed by atoms with Crippen molar-refractivity contribution in [1.29, 1.82) is 0 Å². The highest BCUT2D eigenvalue weighted by Gasteiger charge is 2.47. The molecule has 1 N–H and O–H groups in total. The van der Waals surface area contributed by atoms with Crippen LogP contribution in [0.4, 0.5) is 0 Å². The number of imidazole rings is 1. The number of aromatic nitrogens is 3. The Morgan fingerprint density at radius 2 is 1.97 bits per heavy atom. The first-order valence-electron chi connectivity index (χ1n) is 11.4. The van der Waals surface area contributed by atoms with Crippen molar-refractivity contribution in [3.63, 3.8) is 0 Å². The number of piperidine rings is 1. The molecule has 176 valence electrons. The molecular formula is C25H27N5O4. The van der Waals surface area contributed by atoms with E-state index in [4.69, 9.17) is 9.47 Å². The Labute approximate surface area is 197 Å². The lowest BCUT2D eigenvalue weighted by Gasteiger charge is -2.45. The van der Waals surface area contributed by atoms with Crippen molar-refractivity contribution in [2.45, 2.75) is 37.6 Å². The SMILES string of the molecule is COc1ccc(CNC(=O)[C@@H]2Cn3ccnc3C3(CCN(C(=O)c4cccnc4)CC3)O2)cc1. The molecule has 1 fully saturated rings. The lowest BCUT2D eigenvalue weighted by Crippen LogP contribution is -2.54. The van der Waals surface area contributed by atoms with Gasteiger partial charge in [0.1, 0.15) is 17.2 Å². The number of rotatable bonds is 5. The highest BCUT2D eigenvalue weighted by atomic mass is 16.5. The summed E-state index contributed by atoms with van der Waals surface area (Å²) in [5, 5.41) is 2.99. The molecule has 1 aromatic carbocycles. The predicted octanol–water partition coefficient (Wildman–Crippen LogP) is 2.13. The van der Waals surface area contributed by atoms with Gasteiger partial charge in [-0.05, 0) is 29.8 Å². The molecule has 1 atom stereocenters. The fraction of sp³-hybridized carbons (Fsp3) is 0.360. The number of benzene rings is 1. The van der Waals surface area contributed by atoms with E-state index in [0.717, 1.165) is 17.1 Å². The van der Waals surface area contributed by atoms with Crippen LogP contribution in [-0.4, -0.2) is 57.6 Å². The third kappa shape index (κ3) is 4.26. The van der Waals surface area contributed by atoms with Crippen molar-refractivity contribution >= 4 is 11.8 Å². The lowest BCUT2D eigenvalue weighted by molar-refractivity contribution is -0.172. The standard InChI is InChI=1S/C25H27N5O4/c1-33-20-6-4-18(5-7-20)15-28-22(31)21-17-30-14-11-27-24(30)25(34-21)8-12-29(13-9-25)23(32)19-3-2-10-26-16-19/h2-7,10-11,14,16,21H,8-9,12-13,15,17H2,1H3,(H,28,31)/t21-/m0/s1. The van der Waals surface area contributed by atoms with Gasteiger partial charge < -0.3 is 24.3 Å². The van der Waals surface area contributed by atoms with E-state index in [-0.39, 0.29) is 11.8 Å². The van der Waals surface area contributed by atoms with E-state index < -0.39 is 11.7 Å².